The molecule has 0 fully saturated rings. The second kappa shape index (κ2) is 2.37. The Bertz CT molecular complexity index is 203. The van der Waals surface area contributed by atoms with Crippen molar-refractivity contribution in [3.05, 3.63) is 22.8 Å². The predicted octanol–water partition coefficient (Wildman–Crippen LogP) is 1.13. The summed E-state index contributed by atoms with van der Waals surface area (Å²) in [5.41, 5.74) is 4.48. The van der Waals surface area contributed by atoms with Gasteiger partial charge in [-0.3, -0.25) is 0 Å². The highest BCUT2D eigenvalue weighted by molar-refractivity contribution is 5.08. The fourth-order valence-electron chi connectivity index (χ4n) is 0.881. The summed E-state index contributed by atoms with van der Waals surface area (Å²) in [4.78, 5) is 7.59. The van der Waals surface area contributed by atoms with Crippen molar-refractivity contribution >= 4 is 0 Å². The first kappa shape index (κ1) is 7.19. The standard InChI is InChI=1S/C8H12N2/c1-5-6(2)10-8(4)7(3)9-5/h1-4H3/p+1. The topological polar surface area (TPSA) is 27.0 Å². The van der Waals surface area contributed by atoms with E-state index in [1.54, 1.807) is 0 Å². The zero-order valence-electron chi connectivity index (χ0n) is 6.95. The molecule has 2 nitrogen and oxygen atoms in total. The number of nitrogens with one attached hydrogen (secondary N) is 1. The fraction of sp³-hybridized carbons (Fsp3) is 0.500. The van der Waals surface area contributed by atoms with Crippen molar-refractivity contribution in [3.8, 4) is 0 Å². The summed E-state index contributed by atoms with van der Waals surface area (Å²) in [6.45, 7) is 8.10. The number of hydrogen-bond donors (Lipinski definition) is 0. The zero-order valence-corrected chi connectivity index (χ0v) is 6.95. The highest BCUT2D eigenvalue weighted by atomic mass is 14.8. The van der Waals surface area contributed by atoms with Crippen molar-refractivity contribution in [2.45, 2.75) is 27.7 Å². The number of nitrogens with zero attached hydrogens (tertiary/aromatic N) is 1. The molecule has 1 heterocycles. The molecule has 0 unspecified atom stereocenters. The average Bonchev–Trinajstić information content (AvgIpc) is 1.84. The van der Waals surface area contributed by atoms with Crippen LogP contribution in [0.4, 0.5) is 0 Å². The van der Waals surface area contributed by atoms with Crippen LogP contribution in [0, 0.1) is 27.7 Å². The van der Waals surface area contributed by atoms with Gasteiger partial charge in [-0.25, -0.2) is 9.97 Å². The van der Waals surface area contributed by atoms with Gasteiger partial charge < -0.3 is 0 Å². The molecule has 54 valence electrons. The van der Waals surface area contributed by atoms with Gasteiger partial charge in [0.05, 0.1) is 0 Å². The van der Waals surface area contributed by atoms with Gasteiger partial charge in [-0.05, 0) is 13.8 Å². The maximum Gasteiger partial charge on any atom is 0.198 e. The Morgan fingerprint density at radius 1 is 0.900 bits per heavy atom. The summed E-state index contributed by atoms with van der Waals surface area (Å²) in [6.07, 6.45) is 0. The van der Waals surface area contributed by atoms with Crippen LogP contribution in [0.5, 0.6) is 0 Å². The molecule has 0 spiro atoms. The van der Waals surface area contributed by atoms with E-state index in [-0.39, 0.29) is 0 Å². The van der Waals surface area contributed by atoms with Gasteiger partial charge in [0, 0.05) is 13.8 Å². The lowest BCUT2D eigenvalue weighted by atomic mass is 10.3. The van der Waals surface area contributed by atoms with Gasteiger partial charge in [-0.2, -0.15) is 0 Å². The van der Waals surface area contributed by atoms with Crippen molar-refractivity contribution in [2.24, 2.45) is 0 Å². The molecule has 0 aliphatic rings. The van der Waals surface area contributed by atoms with E-state index in [0.29, 0.717) is 0 Å². The molecular formula is C8H13N2+. The van der Waals surface area contributed by atoms with Crippen LogP contribution in [0.1, 0.15) is 22.8 Å². The molecular weight excluding hydrogens is 124 g/mol. The molecule has 0 atom stereocenters. The lowest BCUT2D eigenvalue weighted by molar-refractivity contribution is -0.399. The van der Waals surface area contributed by atoms with E-state index in [9.17, 15) is 0 Å². The quantitative estimate of drug-likeness (QED) is 0.526. The van der Waals surface area contributed by atoms with Gasteiger partial charge in [-0.15, -0.1) is 0 Å². The summed E-state index contributed by atoms with van der Waals surface area (Å²) in [6, 6.07) is 0. The van der Waals surface area contributed by atoms with E-state index < -0.39 is 0 Å². The van der Waals surface area contributed by atoms with Crippen molar-refractivity contribution in [1.29, 1.82) is 0 Å². The molecule has 1 aromatic rings. The highest BCUT2D eigenvalue weighted by Gasteiger charge is 2.05. The summed E-state index contributed by atoms with van der Waals surface area (Å²) in [5.74, 6) is 0. The van der Waals surface area contributed by atoms with Gasteiger partial charge in [0.25, 0.3) is 0 Å². The molecule has 10 heavy (non-hydrogen) atoms. The summed E-state index contributed by atoms with van der Waals surface area (Å²) < 4.78 is 0. The molecule has 0 aromatic carbocycles. The zero-order chi connectivity index (χ0) is 7.72. The van der Waals surface area contributed by atoms with Crippen LogP contribution in [0.25, 0.3) is 0 Å². The Labute approximate surface area is 61.3 Å². The molecule has 1 rings (SSSR count). The van der Waals surface area contributed by atoms with E-state index in [0.717, 1.165) is 22.8 Å². The van der Waals surface area contributed by atoms with Crippen molar-refractivity contribution < 1.29 is 4.98 Å². The average molecular weight is 137 g/mol. The lowest BCUT2D eigenvalue weighted by Gasteiger charge is -1.95. The molecule has 0 radical (unpaired) electrons. The number of aromatic amines is 1. The Hall–Kier alpha value is -0.920. The van der Waals surface area contributed by atoms with Crippen LogP contribution in [0.2, 0.25) is 0 Å². The van der Waals surface area contributed by atoms with E-state index in [4.69, 9.17) is 0 Å². The summed E-state index contributed by atoms with van der Waals surface area (Å²) >= 11 is 0. The second-order valence-corrected chi connectivity index (χ2v) is 2.66. The first-order valence-corrected chi connectivity index (χ1v) is 3.45. The number of H-pyrrole nitrogens is 1. The Morgan fingerprint density at radius 2 is 1.30 bits per heavy atom. The van der Waals surface area contributed by atoms with E-state index >= 15 is 0 Å². The van der Waals surface area contributed by atoms with Crippen LogP contribution in [-0.2, 0) is 0 Å². The number of aromatic nitrogens is 2. The van der Waals surface area contributed by atoms with Crippen molar-refractivity contribution in [2.75, 3.05) is 0 Å². The van der Waals surface area contributed by atoms with Crippen LogP contribution in [0.3, 0.4) is 0 Å². The maximum atomic E-state index is 4.34. The number of hydrogen-bond acceptors (Lipinski definition) is 1. The van der Waals surface area contributed by atoms with Crippen LogP contribution < -0.4 is 4.98 Å². The molecule has 1 aromatic heterocycles. The third kappa shape index (κ3) is 1.15. The minimum Gasteiger partial charge on any atom is -0.245 e. The molecule has 0 saturated carbocycles. The smallest absolute Gasteiger partial charge is 0.198 e. The maximum absolute atomic E-state index is 4.34. The Balaban J connectivity index is 3.28. The largest absolute Gasteiger partial charge is 0.245 e. The van der Waals surface area contributed by atoms with Gasteiger partial charge in [0.2, 0.25) is 0 Å². The molecule has 2 heteroatoms. The van der Waals surface area contributed by atoms with Crippen LogP contribution in [0.15, 0.2) is 0 Å². The SMILES string of the molecule is Cc1nc(C)c(C)[nH+]c1C. The van der Waals surface area contributed by atoms with Gasteiger partial charge in [0.15, 0.2) is 11.4 Å². The predicted molar refractivity (Wildman–Crippen MR) is 39.7 cm³/mol. The third-order valence-electron chi connectivity index (χ3n) is 1.80. The molecule has 0 aliphatic carbocycles. The molecule has 0 saturated heterocycles. The molecule has 1 N–H and O–H groups in total. The summed E-state index contributed by atoms with van der Waals surface area (Å²) in [7, 11) is 0. The first-order valence-electron chi connectivity index (χ1n) is 3.45. The third-order valence-corrected chi connectivity index (χ3v) is 1.80. The second-order valence-electron chi connectivity index (χ2n) is 2.66. The highest BCUT2D eigenvalue weighted by Crippen LogP contribution is 1.99. The van der Waals surface area contributed by atoms with Gasteiger partial charge in [-0.1, -0.05) is 0 Å². The van der Waals surface area contributed by atoms with E-state index in [1.165, 1.54) is 0 Å². The fourth-order valence-corrected chi connectivity index (χ4v) is 0.881. The Morgan fingerprint density at radius 3 is 1.60 bits per heavy atom. The van der Waals surface area contributed by atoms with E-state index in [1.807, 2.05) is 27.7 Å². The van der Waals surface area contributed by atoms with Crippen LogP contribution >= 0.6 is 0 Å². The first-order chi connectivity index (χ1) is 4.61. The van der Waals surface area contributed by atoms with Gasteiger partial charge in [0.1, 0.15) is 11.4 Å². The van der Waals surface area contributed by atoms with E-state index in [2.05, 4.69) is 9.97 Å². The lowest BCUT2D eigenvalue weighted by Crippen LogP contribution is -2.17. The molecule has 0 aliphatic heterocycles. The summed E-state index contributed by atoms with van der Waals surface area (Å²) in [5, 5.41) is 0. The molecule has 0 bridgehead atoms. The minimum absolute atomic E-state index is 1.09. The normalized spacial score (nSPS) is 10.0. The van der Waals surface area contributed by atoms with Gasteiger partial charge >= 0.3 is 0 Å². The van der Waals surface area contributed by atoms with Crippen LogP contribution in [-0.4, -0.2) is 4.98 Å². The number of aryl methyl sites for hydroxylation is 4. The monoisotopic (exact) mass is 137 g/mol. The number of rotatable bonds is 0. The van der Waals surface area contributed by atoms with Crippen molar-refractivity contribution in [1.82, 2.24) is 4.98 Å². The Kier molecular flexibility index (Phi) is 1.70. The van der Waals surface area contributed by atoms with Crippen molar-refractivity contribution in [3.63, 3.8) is 0 Å². The minimum atomic E-state index is 1.09. The molecule has 0 amide bonds.